The van der Waals surface area contributed by atoms with E-state index in [0.29, 0.717) is 5.89 Å². The van der Waals surface area contributed by atoms with Gasteiger partial charge in [0.15, 0.2) is 0 Å². The molecule has 6 aromatic carbocycles. The summed E-state index contributed by atoms with van der Waals surface area (Å²) < 4.78 is 13.9. The molecular formula is C65H70BN3O2. The van der Waals surface area contributed by atoms with E-state index in [0.717, 1.165) is 62.4 Å². The minimum Gasteiger partial charge on any atom is -0.456 e. The van der Waals surface area contributed by atoms with E-state index in [2.05, 4.69) is 208 Å². The molecule has 0 spiro atoms. The van der Waals surface area contributed by atoms with E-state index < -0.39 is 0 Å². The van der Waals surface area contributed by atoms with Crippen LogP contribution in [-0.4, -0.2) is 11.7 Å². The Hall–Kier alpha value is -6.01. The first-order chi connectivity index (χ1) is 33.6. The lowest BCUT2D eigenvalue weighted by Crippen LogP contribution is -2.62. The summed E-state index contributed by atoms with van der Waals surface area (Å²) in [4.78, 5) is 10.8. The van der Waals surface area contributed by atoms with Crippen molar-refractivity contribution in [2.24, 2.45) is 17.8 Å². The first-order valence-corrected chi connectivity index (χ1v) is 26.7. The van der Waals surface area contributed by atoms with Crippen LogP contribution in [0.1, 0.15) is 149 Å². The van der Waals surface area contributed by atoms with Crippen LogP contribution >= 0.6 is 0 Å². The summed E-state index contributed by atoms with van der Waals surface area (Å²) in [5, 5.41) is 2.19. The zero-order valence-electron chi connectivity index (χ0n) is 44.2. The Morgan fingerprint density at radius 1 is 0.493 bits per heavy atom. The third kappa shape index (κ3) is 7.11. The van der Waals surface area contributed by atoms with Crippen LogP contribution in [0.15, 0.2) is 124 Å². The molecule has 6 heteroatoms. The second kappa shape index (κ2) is 15.0. The minimum absolute atomic E-state index is 0.00354. The predicted molar refractivity (Wildman–Crippen MR) is 298 cm³/mol. The van der Waals surface area contributed by atoms with Crippen molar-refractivity contribution in [1.82, 2.24) is 4.98 Å². The van der Waals surface area contributed by atoms with Crippen molar-refractivity contribution in [1.29, 1.82) is 0 Å². The molecule has 6 aliphatic rings. The SMILES string of the molecule is CC(C)(C)c1ccc(N2c3ccc(C(C)(C)C)cc3B3c4nc(-c5ccc6oc7ccc(C(C)(C)C)cc7c6c5)oc4N(c4ccc(C(C)(C)C)cc4)c4cc(C56CC7CC(CC(C7)C5)C6)cc2c43)cc1. The molecule has 71 heavy (non-hydrogen) atoms. The topological polar surface area (TPSA) is 45.7 Å². The largest absolute Gasteiger partial charge is 0.456 e. The highest BCUT2D eigenvalue weighted by Gasteiger charge is 2.54. The number of oxazole rings is 1. The highest BCUT2D eigenvalue weighted by molar-refractivity contribution is 6.99. The van der Waals surface area contributed by atoms with Crippen LogP contribution in [0.4, 0.5) is 34.3 Å². The zero-order valence-corrected chi connectivity index (χ0v) is 44.2. The number of nitrogens with zero attached hydrogens (tertiary/aromatic N) is 3. The average Bonchev–Trinajstić information content (AvgIpc) is 3.91. The molecule has 2 aromatic heterocycles. The molecule has 8 aromatic rings. The molecule has 4 aliphatic carbocycles. The van der Waals surface area contributed by atoms with Crippen LogP contribution in [0.2, 0.25) is 0 Å². The van der Waals surface area contributed by atoms with Crippen molar-refractivity contribution in [2.75, 3.05) is 9.80 Å². The van der Waals surface area contributed by atoms with E-state index in [1.165, 1.54) is 100 Å². The molecule has 4 bridgehead atoms. The summed E-state index contributed by atoms with van der Waals surface area (Å²) >= 11 is 0. The number of hydrogen-bond donors (Lipinski definition) is 0. The van der Waals surface area contributed by atoms with Gasteiger partial charge in [0.1, 0.15) is 11.2 Å². The quantitative estimate of drug-likeness (QED) is 0.165. The van der Waals surface area contributed by atoms with Crippen molar-refractivity contribution >= 4 is 79.5 Å². The van der Waals surface area contributed by atoms with E-state index >= 15 is 0 Å². The Morgan fingerprint density at radius 2 is 0.972 bits per heavy atom. The fourth-order valence-corrected chi connectivity index (χ4v) is 14.1. The van der Waals surface area contributed by atoms with E-state index in [4.69, 9.17) is 13.8 Å². The standard InChI is InChI=1S/C65H70BN3O2/c1-61(2,3)42-14-20-47(21-15-42)68-52-24-18-45(64(10,11)12)32-51(52)66-57-53(68)33-46(65-35-38-27-39(36-65)29-40(28-38)37-65)34-54(57)69(48-22-16-43(17-23-48)62(4,5)6)60-58(66)67-59(71-60)41-13-25-55-49(30-41)50-31-44(63(7,8)9)19-26-56(50)70-55/h13-26,30-34,38-40H,27-29,35-37H2,1-12H3. The Kier molecular flexibility index (Phi) is 9.50. The number of rotatable bonds is 4. The number of fused-ring (bicyclic) bond motifs is 7. The smallest absolute Gasteiger partial charge is 0.279 e. The third-order valence-corrected chi connectivity index (χ3v) is 17.7. The van der Waals surface area contributed by atoms with E-state index in [1.807, 2.05) is 0 Å². The van der Waals surface area contributed by atoms with Gasteiger partial charge < -0.3 is 13.7 Å². The Morgan fingerprint density at radius 3 is 1.54 bits per heavy atom. The molecule has 2 aliphatic heterocycles. The van der Waals surface area contributed by atoms with Gasteiger partial charge in [-0.05, 0) is 195 Å². The Labute approximate surface area is 422 Å². The van der Waals surface area contributed by atoms with Gasteiger partial charge in [0.25, 0.3) is 6.71 Å². The summed E-state index contributed by atoms with van der Waals surface area (Å²) in [6.07, 6.45) is 8.07. The Balaban J connectivity index is 1.09. The molecule has 4 fully saturated rings. The number of aromatic nitrogens is 1. The van der Waals surface area contributed by atoms with Crippen LogP contribution < -0.4 is 26.3 Å². The van der Waals surface area contributed by atoms with Gasteiger partial charge in [-0.15, -0.1) is 0 Å². The van der Waals surface area contributed by atoms with Crippen LogP contribution in [0, 0.1) is 17.8 Å². The molecule has 14 rings (SSSR count). The molecule has 0 unspecified atom stereocenters. The molecule has 360 valence electrons. The monoisotopic (exact) mass is 936 g/mol. The number of benzene rings is 6. The first kappa shape index (κ1) is 44.9. The number of hydrogen-bond acceptors (Lipinski definition) is 5. The van der Waals surface area contributed by atoms with Crippen LogP contribution in [0.3, 0.4) is 0 Å². The van der Waals surface area contributed by atoms with Crippen molar-refractivity contribution < 1.29 is 8.83 Å². The van der Waals surface area contributed by atoms with Gasteiger partial charge in [-0.25, -0.2) is 4.98 Å². The van der Waals surface area contributed by atoms with Gasteiger partial charge >= 0.3 is 0 Å². The predicted octanol–water partition coefficient (Wildman–Crippen LogP) is 16.0. The van der Waals surface area contributed by atoms with Crippen LogP contribution in [-0.2, 0) is 27.1 Å². The van der Waals surface area contributed by atoms with Crippen molar-refractivity contribution in [3.63, 3.8) is 0 Å². The maximum absolute atomic E-state index is 7.45. The minimum atomic E-state index is -0.168. The first-order valence-electron chi connectivity index (χ1n) is 26.7. The van der Waals surface area contributed by atoms with Gasteiger partial charge in [0, 0.05) is 44.8 Å². The number of anilines is 6. The van der Waals surface area contributed by atoms with Crippen molar-refractivity contribution in [3.8, 4) is 11.5 Å². The molecule has 0 atom stereocenters. The van der Waals surface area contributed by atoms with Crippen LogP contribution in [0.5, 0.6) is 0 Å². The fourth-order valence-electron chi connectivity index (χ4n) is 14.1. The second-order valence-electron chi connectivity index (χ2n) is 26.8. The summed E-state index contributed by atoms with van der Waals surface area (Å²) in [6, 6.07) is 44.5. The average molecular weight is 936 g/mol. The summed E-state index contributed by atoms with van der Waals surface area (Å²) in [7, 11) is 0. The van der Waals surface area contributed by atoms with Crippen molar-refractivity contribution in [3.05, 3.63) is 143 Å². The summed E-state index contributed by atoms with van der Waals surface area (Å²) in [6.45, 7) is 27.5. The molecule has 0 radical (unpaired) electrons. The lowest BCUT2D eigenvalue weighted by atomic mass is 9.35. The maximum Gasteiger partial charge on any atom is 0.279 e. The van der Waals surface area contributed by atoms with Gasteiger partial charge in [0.05, 0.1) is 5.59 Å². The molecule has 0 amide bonds. The molecular weight excluding hydrogens is 866 g/mol. The van der Waals surface area contributed by atoms with Crippen LogP contribution in [0.25, 0.3) is 33.4 Å². The maximum atomic E-state index is 7.45. The lowest BCUT2D eigenvalue weighted by molar-refractivity contribution is -0.00514. The van der Waals surface area contributed by atoms with Crippen molar-refractivity contribution in [2.45, 2.75) is 149 Å². The summed E-state index contributed by atoms with van der Waals surface area (Å²) in [5.74, 6) is 3.87. The summed E-state index contributed by atoms with van der Waals surface area (Å²) in [5.41, 5.74) is 19.1. The lowest BCUT2D eigenvalue weighted by Gasteiger charge is -2.57. The number of furan rings is 1. The van der Waals surface area contributed by atoms with Gasteiger partial charge in [-0.3, -0.25) is 4.90 Å². The molecule has 0 N–H and O–H groups in total. The fraction of sp³-hybridized carbons (Fsp3) is 0.400. The highest BCUT2D eigenvalue weighted by Crippen LogP contribution is 2.62. The molecule has 0 saturated heterocycles. The van der Waals surface area contributed by atoms with E-state index in [-0.39, 0.29) is 33.8 Å². The molecule has 4 heterocycles. The molecule has 4 saturated carbocycles. The molecule has 5 nitrogen and oxygen atoms in total. The normalized spacial score (nSPS) is 21.6. The van der Waals surface area contributed by atoms with E-state index in [1.54, 1.807) is 0 Å². The van der Waals surface area contributed by atoms with E-state index in [9.17, 15) is 0 Å². The van der Waals surface area contributed by atoms with Gasteiger partial charge in [0.2, 0.25) is 11.8 Å². The van der Waals surface area contributed by atoms with Gasteiger partial charge in [-0.2, -0.15) is 0 Å². The highest BCUT2D eigenvalue weighted by atomic mass is 16.4. The second-order valence-corrected chi connectivity index (χ2v) is 26.8. The third-order valence-electron chi connectivity index (χ3n) is 17.7. The Bertz CT molecular complexity index is 3420. The zero-order chi connectivity index (χ0) is 49.3. The van der Waals surface area contributed by atoms with Gasteiger partial charge in [-0.1, -0.05) is 126 Å².